The summed E-state index contributed by atoms with van der Waals surface area (Å²) in [7, 11) is 1.62. The summed E-state index contributed by atoms with van der Waals surface area (Å²) in [5.74, 6) is 1.11. The minimum absolute atomic E-state index is 0.00599. The van der Waals surface area contributed by atoms with E-state index in [0.717, 1.165) is 18.4 Å². The van der Waals surface area contributed by atoms with Gasteiger partial charge in [0.25, 0.3) is 0 Å². The van der Waals surface area contributed by atoms with Gasteiger partial charge in [-0.05, 0) is 37.0 Å². The summed E-state index contributed by atoms with van der Waals surface area (Å²) < 4.78 is 11.1. The first-order chi connectivity index (χ1) is 8.69. The zero-order chi connectivity index (χ0) is 12.7. The lowest BCUT2D eigenvalue weighted by Gasteiger charge is -2.25. The molecule has 18 heavy (non-hydrogen) atoms. The zero-order valence-electron chi connectivity index (χ0n) is 10.4. The molecule has 4 unspecified atom stereocenters. The zero-order valence-corrected chi connectivity index (χ0v) is 11.2. The highest BCUT2D eigenvalue weighted by Crippen LogP contribution is 2.44. The molecule has 1 aromatic rings. The Morgan fingerprint density at radius 3 is 2.89 bits per heavy atom. The number of halogens is 1. The van der Waals surface area contributed by atoms with Crippen molar-refractivity contribution >= 4 is 11.6 Å². The Balaban J connectivity index is 1.82. The Kier molecular flexibility index (Phi) is 3.22. The van der Waals surface area contributed by atoms with Gasteiger partial charge in [0.15, 0.2) is 0 Å². The summed E-state index contributed by atoms with van der Waals surface area (Å²) >= 11 is 6.03. The van der Waals surface area contributed by atoms with E-state index in [4.69, 9.17) is 26.8 Å². The molecule has 2 bridgehead atoms. The highest BCUT2D eigenvalue weighted by Gasteiger charge is 2.43. The van der Waals surface area contributed by atoms with E-state index in [0.29, 0.717) is 28.9 Å². The van der Waals surface area contributed by atoms with Crippen LogP contribution in [0, 0.1) is 5.92 Å². The summed E-state index contributed by atoms with van der Waals surface area (Å²) in [6.45, 7) is 0. The molecule has 2 N–H and O–H groups in total. The van der Waals surface area contributed by atoms with Gasteiger partial charge in [-0.25, -0.2) is 0 Å². The number of fused-ring (bicyclic) bond motifs is 2. The summed E-state index contributed by atoms with van der Waals surface area (Å²) in [5, 5.41) is 0.623. The number of methoxy groups -OCH3 is 1. The van der Waals surface area contributed by atoms with Crippen LogP contribution in [0.25, 0.3) is 0 Å². The molecule has 0 aliphatic carbocycles. The smallest absolute Gasteiger partial charge is 0.137 e. The van der Waals surface area contributed by atoms with E-state index in [2.05, 4.69) is 0 Å². The molecule has 4 heteroatoms. The molecule has 2 aliphatic rings. The number of hydrogen-bond acceptors (Lipinski definition) is 3. The highest BCUT2D eigenvalue weighted by atomic mass is 35.5. The van der Waals surface area contributed by atoms with E-state index in [9.17, 15) is 0 Å². The van der Waals surface area contributed by atoms with Gasteiger partial charge in [0, 0.05) is 12.0 Å². The van der Waals surface area contributed by atoms with Gasteiger partial charge in [-0.15, -0.1) is 0 Å². The molecule has 0 saturated carbocycles. The van der Waals surface area contributed by atoms with Crippen molar-refractivity contribution in [3.63, 3.8) is 0 Å². The molecular weight excluding hydrogens is 250 g/mol. The molecule has 1 aromatic carbocycles. The van der Waals surface area contributed by atoms with Crippen molar-refractivity contribution in [3.05, 3.63) is 28.8 Å². The van der Waals surface area contributed by atoms with Crippen molar-refractivity contribution in [1.29, 1.82) is 0 Å². The molecule has 0 amide bonds. The predicted molar refractivity (Wildman–Crippen MR) is 70.9 cm³/mol. The highest BCUT2D eigenvalue weighted by molar-refractivity contribution is 6.32. The Bertz CT molecular complexity index is 451. The molecule has 4 atom stereocenters. The van der Waals surface area contributed by atoms with Gasteiger partial charge in [0.1, 0.15) is 5.75 Å². The fourth-order valence-electron chi connectivity index (χ4n) is 3.19. The predicted octanol–water partition coefficient (Wildman–Crippen LogP) is 2.92. The van der Waals surface area contributed by atoms with Crippen LogP contribution < -0.4 is 10.5 Å². The van der Waals surface area contributed by atoms with Gasteiger partial charge in [0.05, 0.1) is 24.3 Å². The third kappa shape index (κ3) is 2.00. The topological polar surface area (TPSA) is 44.5 Å². The quantitative estimate of drug-likeness (QED) is 0.916. The van der Waals surface area contributed by atoms with Crippen LogP contribution in [0.2, 0.25) is 5.02 Å². The summed E-state index contributed by atoms with van der Waals surface area (Å²) in [6.07, 6.45) is 4.19. The summed E-state index contributed by atoms with van der Waals surface area (Å²) in [5.41, 5.74) is 7.46. The van der Waals surface area contributed by atoms with Crippen LogP contribution >= 0.6 is 11.6 Å². The monoisotopic (exact) mass is 267 g/mol. The lowest BCUT2D eigenvalue weighted by atomic mass is 9.81. The van der Waals surface area contributed by atoms with Crippen molar-refractivity contribution in [1.82, 2.24) is 0 Å². The average Bonchev–Trinajstić information content (AvgIpc) is 3.00. The number of ether oxygens (including phenoxy) is 2. The van der Waals surface area contributed by atoms with Crippen molar-refractivity contribution in [3.8, 4) is 5.75 Å². The van der Waals surface area contributed by atoms with Gasteiger partial charge >= 0.3 is 0 Å². The van der Waals surface area contributed by atoms with E-state index >= 15 is 0 Å². The molecule has 3 nitrogen and oxygen atoms in total. The number of hydrogen-bond donors (Lipinski definition) is 1. The second kappa shape index (κ2) is 4.72. The molecule has 0 aromatic heterocycles. The SMILES string of the molecule is COc1cc(C(N)C2CC3CCC2O3)ccc1Cl. The lowest BCUT2D eigenvalue weighted by Crippen LogP contribution is -2.29. The van der Waals surface area contributed by atoms with Gasteiger partial charge in [-0.2, -0.15) is 0 Å². The maximum Gasteiger partial charge on any atom is 0.137 e. The number of rotatable bonds is 3. The Morgan fingerprint density at radius 1 is 1.44 bits per heavy atom. The normalized spacial score (nSPS) is 31.6. The largest absolute Gasteiger partial charge is 0.495 e. The van der Waals surface area contributed by atoms with Crippen molar-refractivity contribution in [2.24, 2.45) is 11.7 Å². The third-order valence-corrected chi connectivity index (χ3v) is 4.49. The van der Waals surface area contributed by atoms with Crippen LogP contribution in [0.5, 0.6) is 5.75 Å². The Hall–Kier alpha value is -0.770. The molecule has 2 heterocycles. The van der Waals surface area contributed by atoms with Crippen LogP contribution in [0.3, 0.4) is 0 Å². The first-order valence-corrected chi connectivity index (χ1v) is 6.81. The van der Waals surface area contributed by atoms with E-state index < -0.39 is 0 Å². The van der Waals surface area contributed by atoms with Crippen LogP contribution in [0.1, 0.15) is 30.9 Å². The summed E-state index contributed by atoms with van der Waals surface area (Å²) in [6, 6.07) is 5.79. The maximum atomic E-state index is 6.38. The molecule has 0 spiro atoms. The van der Waals surface area contributed by atoms with Crippen molar-refractivity contribution in [2.45, 2.75) is 37.5 Å². The third-order valence-electron chi connectivity index (χ3n) is 4.17. The second-order valence-corrected chi connectivity index (χ2v) is 5.60. The number of benzene rings is 1. The molecular formula is C14H18ClNO2. The Morgan fingerprint density at radius 2 is 2.28 bits per heavy atom. The average molecular weight is 268 g/mol. The second-order valence-electron chi connectivity index (χ2n) is 5.19. The summed E-state index contributed by atoms with van der Waals surface area (Å²) in [4.78, 5) is 0. The number of nitrogens with two attached hydrogens (primary N) is 1. The van der Waals surface area contributed by atoms with Gasteiger partial charge in [0.2, 0.25) is 0 Å². The van der Waals surface area contributed by atoms with Crippen LogP contribution in [0.4, 0.5) is 0 Å². The van der Waals surface area contributed by atoms with Crippen LogP contribution in [0.15, 0.2) is 18.2 Å². The first-order valence-electron chi connectivity index (χ1n) is 6.43. The molecule has 2 saturated heterocycles. The fourth-order valence-corrected chi connectivity index (χ4v) is 3.38. The van der Waals surface area contributed by atoms with Gasteiger partial charge in [-0.1, -0.05) is 17.7 Å². The minimum atomic E-state index is 0.00599. The van der Waals surface area contributed by atoms with Crippen LogP contribution in [-0.2, 0) is 4.74 Å². The first kappa shape index (κ1) is 12.3. The lowest BCUT2D eigenvalue weighted by molar-refractivity contribution is 0.0884. The van der Waals surface area contributed by atoms with E-state index in [1.54, 1.807) is 7.11 Å². The van der Waals surface area contributed by atoms with E-state index in [1.165, 1.54) is 6.42 Å². The van der Waals surface area contributed by atoms with E-state index in [1.807, 2.05) is 18.2 Å². The fraction of sp³-hybridized carbons (Fsp3) is 0.571. The molecule has 2 fully saturated rings. The van der Waals surface area contributed by atoms with Crippen molar-refractivity contribution in [2.75, 3.05) is 7.11 Å². The molecule has 98 valence electrons. The Labute approximate surface area is 112 Å². The molecule has 3 rings (SSSR count). The van der Waals surface area contributed by atoms with Crippen molar-refractivity contribution < 1.29 is 9.47 Å². The van der Waals surface area contributed by atoms with Gasteiger partial charge in [-0.3, -0.25) is 0 Å². The maximum absolute atomic E-state index is 6.38. The van der Waals surface area contributed by atoms with Gasteiger partial charge < -0.3 is 15.2 Å². The molecule has 2 aliphatic heterocycles. The standard InChI is InChI=1S/C14H18ClNO2/c1-17-13-6-8(2-4-11(13)15)14(16)10-7-9-3-5-12(10)18-9/h2,4,6,9-10,12,14H,3,5,7,16H2,1H3. The van der Waals surface area contributed by atoms with E-state index in [-0.39, 0.29) is 6.04 Å². The minimum Gasteiger partial charge on any atom is -0.495 e. The van der Waals surface area contributed by atoms with Crippen LogP contribution in [-0.4, -0.2) is 19.3 Å². The molecule has 0 radical (unpaired) electrons.